The van der Waals surface area contributed by atoms with Crippen LogP contribution in [0.25, 0.3) is 0 Å². The fourth-order valence-electron chi connectivity index (χ4n) is 7.59. The minimum absolute atomic E-state index is 0.0973. The van der Waals surface area contributed by atoms with E-state index in [-0.39, 0.29) is 34.0 Å². The molecular weight excluding hydrogens is 428 g/mol. The van der Waals surface area contributed by atoms with Gasteiger partial charge in [-0.3, -0.25) is 4.79 Å². The maximum absolute atomic E-state index is 13.7. The zero-order valence-corrected chi connectivity index (χ0v) is 23.2. The van der Waals surface area contributed by atoms with Crippen molar-refractivity contribution in [2.24, 2.45) is 34.5 Å². The number of Topliss-reactive ketones (excluding diaryl/α,β-unsaturated/α-hetero) is 1. The number of allylic oxidation sites excluding steroid dienone is 1. The standard InChI is InChI=1S/C28H46O4Si/c1-18(17-29)21-11-12-22-19(10-9-13-27(21,22)5)14-24(31-6)28-16-20(28)15-23(25(28)30)32-33(7,8)26(2,3)4/h14,17-18,20-24H,9-13,15-16H2,1-8H3/b19-14+/t18-,20-,21-,22+,23?,24-,27?,28+/m1/s1. The number of rotatable bonds is 7. The number of carbonyl (C=O) groups excluding carboxylic acids is 2. The van der Waals surface area contributed by atoms with Crippen LogP contribution in [0.2, 0.25) is 18.1 Å². The van der Waals surface area contributed by atoms with Crippen molar-refractivity contribution in [2.75, 3.05) is 7.11 Å². The molecule has 0 amide bonds. The van der Waals surface area contributed by atoms with E-state index in [0.29, 0.717) is 23.5 Å². The van der Waals surface area contributed by atoms with Crippen LogP contribution >= 0.6 is 0 Å². The molecule has 8 atom stereocenters. The number of fused-ring (bicyclic) bond motifs is 2. The van der Waals surface area contributed by atoms with Gasteiger partial charge in [-0.15, -0.1) is 0 Å². The van der Waals surface area contributed by atoms with Crippen molar-refractivity contribution in [3.05, 3.63) is 11.6 Å². The highest BCUT2D eigenvalue weighted by Gasteiger charge is 2.71. The average molecular weight is 475 g/mol. The van der Waals surface area contributed by atoms with E-state index in [0.717, 1.165) is 38.4 Å². The predicted molar refractivity (Wildman–Crippen MR) is 135 cm³/mol. The van der Waals surface area contributed by atoms with Crippen LogP contribution in [0.15, 0.2) is 11.6 Å². The summed E-state index contributed by atoms with van der Waals surface area (Å²) in [7, 11) is -0.224. The summed E-state index contributed by atoms with van der Waals surface area (Å²) in [6.45, 7) is 15.7. The van der Waals surface area contributed by atoms with Crippen LogP contribution < -0.4 is 0 Å². The molecule has 4 saturated carbocycles. The molecule has 0 N–H and O–H groups in total. The van der Waals surface area contributed by atoms with Crippen molar-refractivity contribution in [1.29, 1.82) is 0 Å². The largest absolute Gasteiger partial charge is 0.407 e. The number of hydrogen-bond acceptors (Lipinski definition) is 4. The molecule has 0 aromatic rings. The zero-order chi connectivity index (χ0) is 24.4. The molecule has 4 rings (SSSR count). The van der Waals surface area contributed by atoms with E-state index in [1.165, 1.54) is 18.4 Å². The number of hydrogen-bond donors (Lipinski definition) is 0. The SMILES string of the molecule is CO[C@H](/C=C1\CCCC2(C)[C@@H]([C@H](C)C=O)CC[C@@H]12)[C@]12C[C@H]1CC(O[Si](C)(C)C(C)(C)C)C2=O. The first-order chi connectivity index (χ1) is 15.3. The van der Waals surface area contributed by atoms with Gasteiger partial charge < -0.3 is 14.0 Å². The monoisotopic (exact) mass is 474 g/mol. The summed E-state index contributed by atoms with van der Waals surface area (Å²) in [6, 6.07) is 0. The Morgan fingerprint density at radius 1 is 1.21 bits per heavy atom. The minimum Gasteiger partial charge on any atom is -0.407 e. The topological polar surface area (TPSA) is 52.6 Å². The Labute approximate surface area is 202 Å². The second-order valence-corrected chi connectivity index (χ2v) is 18.2. The number of ether oxygens (including phenoxy) is 1. The molecule has 0 bridgehead atoms. The van der Waals surface area contributed by atoms with E-state index < -0.39 is 8.32 Å². The van der Waals surface area contributed by atoms with Gasteiger partial charge in [-0.2, -0.15) is 0 Å². The maximum Gasteiger partial charge on any atom is 0.193 e. The van der Waals surface area contributed by atoms with Crippen LogP contribution in [0.4, 0.5) is 0 Å². The first kappa shape index (κ1) is 25.3. The second-order valence-electron chi connectivity index (χ2n) is 13.4. The average Bonchev–Trinajstić information content (AvgIpc) is 3.24. The van der Waals surface area contributed by atoms with Gasteiger partial charge in [0.15, 0.2) is 14.1 Å². The zero-order valence-electron chi connectivity index (χ0n) is 22.2. The van der Waals surface area contributed by atoms with Crippen molar-refractivity contribution < 1.29 is 18.8 Å². The van der Waals surface area contributed by atoms with Gasteiger partial charge in [0.05, 0.1) is 11.5 Å². The molecule has 4 fully saturated rings. The van der Waals surface area contributed by atoms with E-state index in [9.17, 15) is 9.59 Å². The summed E-state index contributed by atoms with van der Waals surface area (Å²) in [5.74, 6) is 1.78. The van der Waals surface area contributed by atoms with Crippen LogP contribution in [0.5, 0.6) is 0 Å². The molecular formula is C28H46O4Si. The Bertz CT molecular complexity index is 826. The van der Waals surface area contributed by atoms with Crippen LogP contribution in [-0.2, 0) is 18.8 Å². The van der Waals surface area contributed by atoms with Gasteiger partial charge in [-0.25, -0.2) is 0 Å². The first-order valence-corrected chi connectivity index (χ1v) is 16.1. The normalized spacial score (nSPS) is 41.6. The summed E-state index contributed by atoms with van der Waals surface area (Å²) >= 11 is 0. The molecule has 33 heavy (non-hydrogen) atoms. The molecule has 4 nitrogen and oxygen atoms in total. The molecule has 0 aliphatic heterocycles. The summed E-state index contributed by atoms with van der Waals surface area (Å²) in [4.78, 5) is 25.3. The summed E-state index contributed by atoms with van der Waals surface area (Å²) in [6.07, 6.45) is 10.6. The molecule has 0 aromatic heterocycles. The highest BCUT2D eigenvalue weighted by atomic mass is 28.4. The van der Waals surface area contributed by atoms with Crippen molar-refractivity contribution in [3.8, 4) is 0 Å². The van der Waals surface area contributed by atoms with E-state index in [1.807, 2.05) is 0 Å². The third-order valence-corrected chi connectivity index (χ3v) is 15.1. The number of carbonyl (C=O) groups is 2. The quantitative estimate of drug-likeness (QED) is 0.245. The molecule has 0 aromatic carbocycles. The number of ketones is 1. The summed E-state index contributed by atoms with van der Waals surface area (Å²) < 4.78 is 12.7. The molecule has 0 spiro atoms. The summed E-state index contributed by atoms with van der Waals surface area (Å²) in [5.41, 5.74) is 1.30. The van der Waals surface area contributed by atoms with E-state index in [1.54, 1.807) is 7.11 Å². The lowest BCUT2D eigenvalue weighted by Crippen LogP contribution is -2.47. The van der Waals surface area contributed by atoms with Crippen LogP contribution in [0.3, 0.4) is 0 Å². The lowest BCUT2D eigenvalue weighted by Gasteiger charge is -2.44. The Balaban J connectivity index is 1.55. The molecule has 4 aliphatic carbocycles. The lowest BCUT2D eigenvalue weighted by atomic mass is 9.61. The molecule has 5 heteroatoms. The van der Waals surface area contributed by atoms with Gasteiger partial charge in [-0.05, 0) is 86.2 Å². The third kappa shape index (κ3) is 3.94. The Morgan fingerprint density at radius 2 is 1.91 bits per heavy atom. The molecule has 0 radical (unpaired) electrons. The maximum atomic E-state index is 13.7. The van der Waals surface area contributed by atoms with Crippen LogP contribution in [-0.4, -0.2) is 39.7 Å². The van der Waals surface area contributed by atoms with E-state index in [4.69, 9.17) is 9.16 Å². The first-order valence-electron chi connectivity index (χ1n) is 13.2. The number of aldehydes is 1. The molecule has 2 unspecified atom stereocenters. The Morgan fingerprint density at radius 3 is 2.52 bits per heavy atom. The molecule has 186 valence electrons. The Hall–Kier alpha value is -0.783. The number of methoxy groups -OCH3 is 1. The minimum atomic E-state index is -2.00. The lowest BCUT2D eigenvalue weighted by molar-refractivity contribution is -0.132. The highest BCUT2D eigenvalue weighted by molar-refractivity contribution is 6.74. The second kappa shape index (κ2) is 8.41. The van der Waals surface area contributed by atoms with Gasteiger partial charge in [0.1, 0.15) is 12.4 Å². The predicted octanol–water partition coefficient (Wildman–Crippen LogP) is 6.35. The molecule has 4 aliphatic rings. The highest BCUT2D eigenvalue weighted by Crippen LogP contribution is 2.66. The van der Waals surface area contributed by atoms with E-state index in [2.05, 4.69) is 53.8 Å². The van der Waals surface area contributed by atoms with Crippen LogP contribution in [0, 0.1) is 34.5 Å². The molecule has 0 heterocycles. The Kier molecular flexibility index (Phi) is 6.45. The van der Waals surface area contributed by atoms with Gasteiger partial charge in [-0.1, -0.05) is 46.3 Å². The van der Waals surface area contributed by atoms with Gasteiger partial charge in [0.25, 0.3) is 0 Å². The fraction of sp³-hybridized carbons (Fsp3) is 0.857. The van der Waals surface area contributed by atoms with Crippen LogP contribution in [0.1, 0.15) is 79.6 Å². The van der Waals surface area contributed by atoms with Crippen molar-refractivity contribution in [1.82, 2.24) is 0 Å². The van der Waals surface area contributed by atoms with Gasteiger partial charge in [0, 0.05) is 13.0 Å². The van der Waals surface area contributed by atoms with E-state index >= 15 is 0 Å². The van der Waals surface area contributed by atoms with Gasteiger partial charge >= 0.3 is 0 Å². The molecule has 0 saturated heterocycles. The van der Waals surface area contributed by atoms with Crippen molar-refractivity contribution in [3.63, 3.8) is 0 Å². The van der Waals surface area contributed by atoms with Crippen molar-refractivity contribution in [2.45, 2.75) is 110 Å². The van der Waals surface area contributed by atoms with Crippen molar-refractivity contribution >= 4 is 20.4 Å². The summed E-state index contributed by atoms with van der Waals surface area (Å²) in [5, 5.41) is 0.0973. The van der Waals surface area contributed by atoms with Gasteiger partial charge in [0.2, 0.25) is 0 Å². The third-order valence-electron chi connectivity index (χ3n) is 10.7. The fourth-order valence-corrected chi connectivity index (χ4v) is 8.86. The smallest absolute Gasteiger partial charge is 0.193 e.